The van der Waals surface area contributed by atoms with Gasteiger partial charge in [-0.25, -0.2) is 9.07 Å². The lowest BCUT2D eigenvalue weighted by molar-refractivity contribution is -0.170. The molecule has 1 aliphatic rings. The Morgan fingerprint density at radius 3 is 2.53 bits per heavy atom. The maximum Gasteiger partial charge on any atom is 0.392 e. The van der Waals surface area contributed by atoms with Crippen molar-refractivity contribution in [3.05, 3.63) is 83.8 Å². The van der Waals surface area contributed by atoms with Crippen LogP contribution in [0.25, 0.3) is 16.6 Å². The van der Waals surface area contributed by atoms with E-state index in [1.165, 1.54) is 42.6 Å². The normalized spacial score (nSPS) is 15.2. The molecule has 0 amide bonds. The molecule has 0 aliphatic carbocycles. The number of rotatable bonds is 4. The van der Waals surface area contributed by atoms with Crippen molar-refractivity contribution in [2.75, 3.05) is 6.79 Å². The summed E-state index contributed by atoms with van der Waals surface area (Å²) in [6.45, 7) is -0.141. The molecule has 9 heteroatoms. The van der Waals surface area contributed by atoms with Gasteiger partial charge in [0.1, 0.15) is 11.4 Å². The Bertz CT molecular complexity index is 1300. The van der Waals surface area contributed by atoms with E-state index < -0.39 is 24.0 Å². The van der Waals surface area contributed by atoms with Gasteiger partial charge in [-0.2, -0.15) is 18.3 Å². The fraction of sp³-hybridized carbons (Fsp3) is 0.174. The van der Waals surface area contributed by atoms with Gasteiger partial charge in [-0.15, -0.1) is 0 Å². The summed E-state index contributed by atoms with van der Waals surface area (Å²) in [5, 5.41) is 16.2. The van der Waals surface area contributed by atoms with Crippen LogP contribution in [0.3, 0.4) is 0 Å². The van der Waals surface area contributed by atoms with Crippen molar-refractivity contribution in [1.29, 1.82) is 0 Å². The molecule has 5 rings (SSSR count). The molecule has 1 aliphatic heterocycles. The van der Waals surface area contributed by atoms with Crippen LogP contribution in [0.4, 0.5) is 17.6 Å². The molecule has 0 spiro atoms. The minimum atomic E-state index is -4.66. The first kappa shape index (κ1) is 20.3. The van der Waals surface area contributed by atoms with E-state index in [0.717, 1.165) is 0 Å². The van der Waals surface area contributed by atoms with Crippen LogP contribution in [-0.4, -0.2) is 27.9 Å². The minimum Gasteiger partial charge on any atom is -0.454 e. The molecule has 1 aromatic heterocycles. The first-order valence-corrected chi connectivity index (χ1v) is 9.67. The summed E-state index contributed by atoms with van der Waals surface area (Å²) in [5.74, 6) is -0.0408. The second-order valence-corrected chi connectivity index (χ2v) is 7.50. The highest BCUT2D eigenvalue weighted by molar-refractivity contribution is 5.81. The summed E-state index contributed by atoms with van der Waals surface area (Å²) in [5.41, 5.74) is -1.23. The van der Waals surface area contributed by atoms with Gasteiger partial charge in [0.05, 0.1) is 23.8 Å². The van der Waals surface area contributed by atoms with Crippen molar-refractivity contribution < 1.29 is 32.1 Å². The monoisotopic (exact) mass is 444 g/mol. The Hall–Kier alpha value is -3.59. The number of fused-ring (bicyclic) bond motifs is 2. The molecule has 0 fully saturated rings. The highest BCUT2D eigenvalue weighted by Gasteiger charge is 2.46. The maximum atomic E-state index is 13.6. The zero-order chi connectivity index (χ0) is 22.5. The predicted molar refractivity (Wildman–Crippen MR) is 107 cm³/mol. The van der Waals surface area contributed by atoms with Crippen LogP contribution in [0.1, 0.15) is 17.5 Å². The summed E-state index contributed by atoms with van der Waals surface area (Å²) < 4.78 is 66.1. The third-order valence-electron chi connectivity index (χ3n) is 5.42. The van der Waals surface area contributed by atoms with Crippen molar-refractivity contribution in [3.8, 4) is 17.2 Å². The largest absolute Gasteiger partial charge is 0.454 e. The fourth-order valence-electron chi connectivity index (χ4n) is 3.98. The molecule has 1 atom stereocenters. The van der Waals surface area contributed by atoms with Crippen molar-refractivity contribution in [3.63, 3.8) is 0 Å². The Morgan fingerprint density at radius 2 is 1.78 bits per heavy atom. The van der Waals surface area contributed by atoms with Crippen molar-refractivity contribution in [2.45, 2.75) is 18.2 Å². The number of halogens is 4. The Labute approximate surface area is 179 Å². The quantitative estimate of drug-likeness (QED) is 0.446. The molecule has 164 valence electrons. The molecular formula is C23H16F4N2O3. The zero-order valence-corrected chi connectivity index (χ0v) is 16.4. The van der Waals surface area contributed by atoms with Crippen molar-refractivity contribution in [1.82, 2.24) is 9.78 Å². The number of nitrogens with zero attached hydrogens (tertiary/aromatic N) is 2. The standard InChI is InChI=1S/C23H16F4N2O3/c24-16-5-7-17(8-6-16)29-19-9-4-15(10-14(19)11-28-29)22(30,12-23(25,26)27)18-2-1-3-20-21(18)32-13-31-20/h1-11,30H,12-13H2. The third kappa shape index (κ3) is 3.44. The van der Waals surface area contributed by atoms with Crippen LogP contribution >= 0.6 is 0 Å². The van der Waals surface area contributed by atoms with E-state index in [-0.39, 0.29) is 29.4 Å². The van der Waals surface area contributed by atoms with Gasteiger partial charge < -0.3 is 14.6 Å². The van der Waals surface area contributed by atoms with Crippen LogP contribution < -0.4 is 9.47 Å². The molecule has 2 heterocycles. The number of aliphatic hydroxyl groups is 1. The first-order valence-electron chi connectivity index (χ1n) is 9.67. The minimum absolute atomic E-state index is 0.0323. The van der Waals surface area contributed by atoms with E-state index >= 15 is 0 Å². The highest BCUT2D eigenvalue weighted by atomic mass is 19.4. The zero-order valence-electron chi connectivity index (χ0n) is 16.4. The number of hydrogen-bond donors (Lipinski definition) is 1. The molecule has 0 saturated heterocycles. The summed E-state index contributed by atoms with van der Waals surface area (Å²) >= 11 is 0. The summed E-state index contributed by atoms with van der Waals surface area (Å²) in [6, 6.07) is 14.6. The molecule has 4 aromatic rings. The molecular weight excluding hydrogens is 428 g/mol. The lowest BCUT2D eigenvalue weighted by Crippen LogP contribution is -2.33. The van der Waals surface area contributed by atoms with E-state index in [4.69, 9.17) is 9.47 Å². The summed E-state index contributed by atoms with van der Waals surface area (Å²) in [6.07, 6.45) is -4.70. The molecule has 1 unspecified atom stereocenters. The van der Waals surface area contributed by atoms with E-state index in [9.17, 15) is 22.7 Å². The van der Waals surface area contributed by atoms with Crippen LogP contribution in [0.2, 0.25) is 0 Å². The SMILES string of the molecule is OC(CC(F)(F)F)(c1ccc2c(cnn2-c2ccc(F)cc2)c1)c1cccc2c1OCO2. The smallest absolute Gasteiger partial charge is 0.392 e. The lowest BCUT2D eigenvalue weighted by atomic mass is 9.82. The van der Waals surface area contributed by atoms with Gasteiger partial charge in [-0.1, -0.05) is 18.2 Å². The number of ether oxygens (including phenoxy) is 2. The van der Waals surface area contributed by atoms with Gasteiger partial charge in [0, 0.05) is 10.9 Å². The van der Waals surface area contributed by atoms with Gasteiger partial charge >= 0.3 is 6.18 Å². The van der Waals surface area contributed by atoms with Crippen LogP contribution in [0.15, 0.2) is 66.9 Å². The number of benzene rings is 3. The van der Waals surface area contributed by atoms with Crippen LogP contribution in [0.5, 0.6) is 11.5 Å². The number of para-hydroxylation sites is 1. The van der Waals surface area contributed by atoms with Crippen molar-refractivity contribution in [2.24, 2.45) is 0 Å². The van der Waals surface area contributed by atoms with E-state index in [2.05, 4.69) is 5.10 Å². The Kier molecular flexibility index (Phi) is 4.59. The number of alkyl halides is 3. The molecule has 0 radical (unpaired) electrons. The van der Waals surface area contributed by atoms with Gasteiger partial charge in [0.15, 0.2) is 11.5 Å². The molecule has 5 nitrogen and oxygen atoms in total. The second kappa shape index (κ2) is 7.23. The van der Waals surface area contributed by atoms with Crippen LogP contribution in [-0.2, 0) is 5.60 Å². The fourth-order valence-corrected chi connectivity index (χ4v) is 3.98. The average molecular weight is 444 g/mol. The second-order valence-electron chi connectivity index (χ2n) is 7.50. The molecule has 1 N–H and O–H groups in total. The van der Waals surface area contributed by atoms with Gasteiger partial charge in [-0.05, 0) is 48.0 Å². The molecule has 3 aromatic carbocycles. The topological polar surface area (TPSA) is 56.5 Å². The maximum absolute atomic E-state index is 13.6. The summed E-state index contributed by atoms with van der Waals surface area (Å²) in [4.78, 5) is 0. The van der Waals surface area contributed by atoms with E-state index in [0.29, 0.717) is 16.6 Å². The Morgan fingerprint density at radius 1 is 1.00 bits per heavy atom. The molecule has 0 bridgehead atoms. The third-order valence-corrected chi connectivity index (χ3v) is 5.42. The van der Waals surface area contributed by atoms with E-state index in [1.807, 2.05) is 0 Å². The number of hydrogen-bond acceptors (Lipinski definition) is 4. The average Bonchev–Trinajstić information content (AvgIpc) is 3.39. The van der Waals surface area contributed by atoms with Gasteiger partial charge in [0.25, 0.3) is 0 Å². The van der Waals surface area contributed by atoms with Gasteiger partial charge in [0.2, 0.25) is 6.79 Å². The van der Waals surface area contributed by atoms with Crippen molar-refractivity contribution >= 4 is 10.9 Å². The first-order chi connectivity index (χ1) is 15.2. The Balaban J connectivity index is 1.65. The predicted octanol–water partition coefficient (Wildman–Crippen LogP) is 5.08. The lowest BCUT2D eigenvalue weighted by Gasteiger charge is -2.31. The van der Waals surface area contributed by atoms with Crippen LogP contribution in [0, 0.1) is 5.82 Å². The van der Waals surface area contributed by atoms with Gasteiger partial charge in [-0.3, -0.25) is 0 Å². The van der Waals surface area contributed by atoms with E-state index in [1.54, 1.807) is 28.9 Å². The number of aromatic nitrogens is 2. The molecule has 0 saturated carbocycles. The molecule has 32 heavy (non-hydrogen) atoms. The highest BCUT2D eigenvalue weighted by Crippen LogP contribution is 2.48. The summed E-state index contributed by atoms with van der Waals surface area (Å²) in [7, 11) is 0.